The molecule has 0 radical (unpaired) electrons. The number of aromatic nitrogens is 2. The number of hydrogen-bond donors (Lipinski definition) is 2. The lowest BCUT2D eigenvalue weighted by Crippen LogP contribution is -2.40. The first-order valence-electron chi connectivity index (χ1n) is 9.76. The van der Waals surface area contributed by atoms with Gasteiger partial charge in [0, 0.05) is 17.7 Å². The van der Waals surface area contributed by atoms with Crippen molar-refractivity contribution in [3.8, 4) is 11.3 Å². The number of nitrogens with zero attached hydrogens (tertiary/aromatic N) is 3. The van der Waals surface area contributed by atoms with E-state index in [1.807, 2.05) is 0 Å². The standard InChI is InChI=1S/C22H19ClFN5O3/c23-15-10-14(5-6-16(15)24)20-19(22(26)32)17-11-28(7-8-29(17)27-20)18(30)9-12-1-3-13(4-2-12)21(25)31/h1-6,10H,7-9,11H2,(H2,25,31)(H2,26,32). The summed E-state index contributed by atoms with van der Waals surface area (Å²) in [6.07, 6.45) is 0.125. The predicted molar refractivity (Wildman–Crippen MR) is 115 cm³/mol. The van der Waals surface area contributed by atoms with E-state index in [4.69, 9.17) is 23.1 Å². The van der Waals surface area contributed by atoms with Crippen molar-refractivity contribution >= 4 is 29.3 Å². The van der Waals surface area contributed by atoms with Crippen LogP contribution in [0.15, 0.2) is 42.5 Å². The largest absolute Gasteiger partial charge is 0.366 e. The first-order valence-corrected chi connectivity index (χ1v) is 10.1. The first kappa shape index (κ1) is 21.5. The monoisotopic (exact) mass is 455 g/mol. The average molecular weight is 456 g/mol. The van der Waals surface area contributed by atoms with Gasteiger partial charge in [0.25, 0.3) is 5.91 Å². The minimum absolute atomic E-state index is 0.0944. The van der Waals surface area contributed by atoms with Crippen LogP contribution >= 0.6 is 11.6 Å². The lowest BCUT2D eigenvalue weighted by atomic mass is 10.0. The highest BCUT2D eigenvalue weighted by Crippen LogP contribution is 2.30. The Kier molecular flexibility index (Phi) is 5.67. The molecule has 8 nitrogen and oxygen atoms in total. The van der Waals surface area contributed by atoms with Crippen LogP contribution in [-0.2, 0) is 24.3 Å². The van der Waals surface area contributed by atoms with Gasteiger partial charge in [0.2, 0.25) is 11.8 Å². The van der Waals surface area contributed by atoms with E-state index in [1.54, 1.807) is 33.8 Å². The fourth-order valence-electron chi connectivity index (χ4n) is 3.71. The van der Waals surface area contributed by atoms with Crippen LogP contribution in [0.5, 0.6) is 0 Å². The van der Waals surface area contributed by atoms with Gasteiger partial charge in [-0.2, -0.15) is 5.10 Å². The van der Waals surface area contributed by atoms with Crippen LogP contribution in [0.4, 0.5) is 4.39 Å². The van der Waals surface area contributed by atoms with Crippen LogP contribution in [0.2, 0.25) is 5.02 Å². The molecular weight excluding hydrogens is 437 g/mol. The molecule has 10 heteroatoms. The topological polar surface area (TPSA) is 124 Å². The maximum Gasteiger partial charge on any atom is 0.252 e. The number of nitrogens with two attached hydrogens (primary N) is 2. The van der Waals surface area contributed by atoms with E-state index >= 15 is 0 Å². The van der Waals surface area contributed by atoms with E-state index in [0.29, 0.717) is 35.6 Å². The third kappa shape index (κ3) is 4.06. The van der Waals surface area contributed by atoms with Crippen molar-refractivity contribution in [2.75, 3.05) is 6.54 Å². The molecule has 1 aliphatic heterocycles. The van der Waals surface area contributed by atoms with Crippen molar-refractivity contribution < 1.29 is 18.8 Å². The van der Waals surface area contributed by atoms with Crippen molar-refractivity contribution in [3.63, 3.8) is 0 Å². The molecule has 4 rings (SSSR count). The van der Waals surface area contributed by atoms with Crippen molar-refractivity contribution in [1.29, 1.82) is 0 Å². The van der Waals surface area contributed by atoms with E-state index in [9.17, 15) is 18.8 Å². The van der Waals surface area contributed by atoms with Crippen LogP contribution in [0, 0.1) is 5.82 Å². The fourth-order valence-corrected chi connectivity index (χ4v) is 3.89. The molecule has 0 saturated carbocycles. The number of amides is 3. The fraction of sp³-hybridized carbons (Fsp3) is 0.182. The maximum absolute atomic E-state index is 13.6. The Bertz CT molecular complexity index is 1240. The van der Waals surface area contributed by atoms with Crippen molar-refractivity contribution in [2.24, 2.45) is 11.5 Å². The molecule has 0 aliphatic carbocycles. The number of benzene rings is 2. The zero-order valence-corrected chi connectivity index (χ0v) is 17.6. The second-order valence-electron chi connectivity index (χ2n) is 7.44. The summed E-state index contributed by atoms with van der Waals surface area (Å²) in [5, 5.41) is 4.38. The van der Waals surface area contributed by atoms with Gasteiger partial charge < -0.3 is 16.4 Å². The Morgan fingerprint density at radius 1 is 1.03 bits per heavy atom. The van der Waals surface area contributed by atoms with Crippen LogP contribution in [0.3, 0.4) is 0 Å². The van der Waals surface area contributed by atoms with E-state index < -0.39 is 17.6 Å². The molecule has 3 aromatic rings. The normalized spacial score (nSPS) is 13.0. The molecule has 0 spiro atoms. The summed E-state index contributed by atoms with van der Waals surface area (Å²) in [4.78, 5) is 37.9. The summed E-state index contributed by atoms with van der Waals surface area (Å²) in [6, 6.07) is 10.6. The van der Waals surface area contributed by atoms with Gasteiger partial charge in [-0.25, -0.2) is 4.39 Å². The van der Waals surface area contributed by atoms with Crippen LogP contribution in [0.25, 0.3) is 11.3 Å². The molecule has 2 aromatic carbocycles. The highest BCUT2D eigenvalue weighted by atomic mass is 35.5. The Balaban J connectivity index is 1.59. The van der Waals surface area contributed by atoms with E-state index in [-0.39, 0.29) is 29.5 Å². The Morgan fingerprint density at radius 2 is 1.75 bits per heavy atom. The van der Waals surface area contributed by atoms with E-state index in [1.165, 1.54) is 18.2 Å². The number of carbonyl (C=O) groups is 3. The SMILES string of the molecule is NC(=O)c1ccc(CC(=O)N2CCn3nc(-c4ccc(F)c(Cl)c4)c(C(N)=O)c3C2)cc1. The zero-order chi connectivity index (χ0) is 23.0. The van der Waals surface area contributed by atoms with Gasteiger partial charge in [0.1, 0.15) is 11.5 Å². The maximum atomic E-state index is 13.6. The minimum atomic E-state index is -0.696. The molecule has 3 amide bonds. The molecule has 0 unspecified atom stereocenters. The third-order valence-corrected chi connectivity index (χ3v) is 5.66. The summed E-state index contributed by atoms with van der Waals surface area (Å²) < 4.78 is 15.2. The molecule has 0 bridgehead atoms. The molecule has 2 heterocycles. The molecular formula is C22H19ClFN5O3. The number of primary amides is 2. The molecule has 32 heavy (non-hydrogen) atoms. The summed E-state index contributed by atoms with van der Waals surface area (Å²) in [5.74, 6) is -1.96. The molecule has 0 saturated heterocycles. The van der Waals surface area contributed by atoms with Gasteiger partial charge in [-0.3, -0.25) is 19.1 Å². The minimum Gasteiger partial charge on any atom is -0.366 e. The number of rotatable bonds is 5. The zero-order valence-electron chi connectivity index (χ0n) is 16.8. The molecule has 1 aromatic heterocycles. The quantitative estimate of drug-likeness (QED) is 0.611. The first-order chi connectivity index (χ1) is 15.2. The van der Waals surface area contributed by atoms with E-state index in [0.717, 1.165) is 5.56 Å². The van der Waals surface area contributed by atoms with Crippen LogP contribution < -0.4 is 11.5 Å². The second kappa shape index (κ2) is 8.43. The molecule has 0 fully saturated rings. The Hall–Kier alpha value is -3.72. The van der Waals surface area contributed by atoms with Gasteiger partial charge in [-0.1, -0.05) is 23.7 Å². The highest BCUT2D eigenvalue weighted by molar-refractivity contribution is 6.31. The summed E-state index contributed by atoms with van der Waals surface area (Å²) in [6.45, 7) is 0.921. The van der Waals surface area contributed by atoms with Crippen molar-refractivity contribution in [3.05, 3.63) is 75.7 Å². The van der Waals surface area contributed by atoms with Gasteiger partial charge in [0.05, 0.1) is 35.8 Å². The molecule has 164 valence electrons. The van der Waals surface area contributed by atoms with E-state index in [2.05, 4.69) is 5.10 Å². The number of halogens is 2. The average Bonchev–Trinajstić information content (AvgIpc) is 3.15. The number of carbonyl (C=O) groups excluding carboxylic acids is 3. The van der Waals surface area contributed by atoms with Crippen LogP contribution in [-0.4, -0.2) is 38.9 Å². The number of hydrogen-bond acceptors (Lipinski definition) is 4. The highest BCUT2D eigenvalue weighted by Gasteiger charge is 2.29. The third-order valence-electron chi connectivity index (χ3n) is 5.37. The summed E-state index contributed by atoms with van der Waals surface area (Å²) in [7, 11) is 0. The summed E-state index contributed by atoms with van der Waals surface area (Å²) >= 11 is 5.89. The molecule has 4 N–H and O–H groups in total. The Morgan fingerprint density at radius 3 is 2.38 bits per heavy atom. The van der Waals surface area contributed by atoms with Gasteiger partial charge in [0.15, 0.2) is 0 Å². The molecule has 0 atom stereocenters. The van der Waals surface area contributed by atoms with Crippen molar-refractivity contribution in [1.82, 2.24) is 14.7 Å². The predicted octanol–water partition coefficient (Wildman–Crippen LogP) is 2.13. The smallest absolute Gasteiger partial charge is 0.252 e. The number of fused-ring (bicyclic) bond motifs is 1. The summed E-state index contributed by atoms with van der Waals surface area (Å²) in [5.41, 5.74) is 13.4. The van der Waals surface area contributed by atoms with Crippen molar-refractivity contribution in [2.45, 2.75) is 19.5 Å². The van der Waals surface area contributed by atoms with Crippen LogP contribution in [0.1, 0.15) is 32.0 Å². The molecule has 1 aliphatic rings. The van der Waals surface area contributed by atoms with Gasteiger partial charge in [-0.05, 0) is 35.9 Å². The lowest BCUT2D eigenvalue weighted by molar-refractivity contribution is -0.132. The van der Waals surface area contributed by atoms with Gasteiger partial charge in [-0.15, -0.1) is 0 Å². The Labute approximate surface area is 187 Å². The second-order valence-corrected chi connectivity index (χ2v) is 7.85. The van der Waals surface area contributed by atoms with Gasteiger partial charge >= 0.3 is 0 Å². The lowest BCUT2D eigenvalue weighted by Gasteiger charge is -2.28.